The van der Waals surface area contributed by atoms with Crippen molar-refractivity contribution in [2.75, 3.05) is 18.0 Å². The van der Waals surface area contributed by atoms with Crippen LogP contribution in [0.2, 0.25) is 0 Å². The van der Waals surface area contributed by atoms with Crippen LogP contribution in [-0.2, 0) is 14.8 Å². The Kier molecular flexibility index (Phi) is 6.76. The summed E-state index contributed by atoms with van der Waals surface area (Å²) < 4.78 is 46.3. The van der Waals surface area contributed by atoms with Gasteiger partial charge in [-0.1, -0.05) is 6.92 Å². The van der Waals surface area contributed by atoms with E-state index >= 15 is 0 Å². The summed E-state index contributed by atoms with van der Waals surface area (Å²) in [5, 5.41) is 2.25. The second-order valence-corrected chi connectivity index (χ2v) is 9.72. The summed E-state index contributed by atoms with van der Waals surface area (Å²) in [6.45, 7) is 5.59. The number of sulfonamides is 1. The van der Waals surface area contributed by atoms with Crippen LogP contribution < -0.4 is 4.31 Å². The molecular formula is C22H23FN2O4S2. The summed E-state index contributed by atoms with van der Waals surface area (Å²) in [5.41, 5.74) is 2.25. The van der Waals surface area contributed by atoms with Gasteiger partial charge in [0.15, 0.2) is 5.82 Å². The van der Waals surface area contributed by atoms with E-state index in [9.17, 15) is 17.6 Å². The Hall–Kier alpha value is -2.78. The standard InChI is InChI=1S/C22H23FN2O4S2/c1-5-10-25(20-13-30-21(24-20)16-6-8-17(23)9-7-16)31(27,28)18-11-14(2)15(3)19(12-18)22(26)29-4/h6-9,11-13H,5,10H2,1-4H3. The Labute approximate surface area is 185 Å². The van der Waals surface area contributed by atoms with Crippen LogP contribution in [0.4, 0.5) is 10.2 Å². The number of thiazole rings is 1. The van der Waals surface area contributed by atoms with Crippen molar-refractivity contribution in [1.82, 2.24) is 4.98 Å². The van der Waals surface area contributed by atoms with Gasteiger partial charge in [0.1, 0.15) is 10.8 Å². The molecule has 0 saturated heterocycles. The van der Waals surface area contributed by atoms with Gasteiger partial charge in [-0.05, 0) is 67.8 Å². The Bertz CT molecular complexity index is 1200. The van der Waals surface area contributed by atoms with E-state index in [2.05, 4.69) is 4.98 Å². The van der Waals surface area contributed by atoms with E-state index in [4.69, 9.17) is 4.74 Å². The molecular weight excluding hydrogens is 439 g/mol. The highest BCUT2D eigenvalue weighted by Gasteiger charge is 2.28. The Morgan fingerprint density at radius 2 is 1.87 bits per heavy atom. The average molecular weight is 463 g/mol. The molecule has 0 amide bonds. The highest BCUT2D eigenvalue weighted by Crippen LogP contribution is 2.32. The van der Waals surface area contributed by atoms with Gasteiger partial charge in [-0.15, -0.1) is 11.3 Å². The number of rotatable bonds is 7. The summed E-state index contributed by atoms with van der Waals surface area (Å²) in [4.78, 5) is 16.6. The minimum absolute atomic E-state index is 0.000724. The number of hydrogen-bond acceptors (Lipinski definition) is 6. The summed E-state index contributed by atoms with van der Waals surface area (Å²) in [6, 6.07) is 8.76. The molecule has 0 bridgehead atoms. The van der Waals surface area contributed by atoms with Gasteiger partial charge in [-0.3, -0.25) is 0 Å². The Morgan fingerprint density at radius 1 is 1.19 bits per heavy atom. The summed E-state index contributed by atoms with van der Waals surface area (Å²) in [6.07, 6.45) is 0.567. The van der Waals surface area contributed by atoms with E-state index in [1.165, 1.54) is 41.0 Å². The number of esters is 1. The smallest absolute Gasteiger partial charge is 0.338 e. The van der Waals surface area contributed by atoms with Crippen LogP contribution in [0.5, 0.6) is 0 Å². The van der Waals surface area contributed by atoms with Crippen LogP contribution in [0.15, 0.2) is 46.7 Å². The molecule has 0 spiro atoms. The van der Waals surface area contributed by atoms with Gasteiger partial charge in [0.25, 0.3) is 10.0 Å². The van der Waals surface area contributed by atoms with Gasteiger partial charge in [0.2, 0.25) is 0 Å². The molecule has 0 saturated carbocycles. The number of ether oxygens (including phenoxy) is 1. The molecule has 0 aliphatic rings. The lowest BCUT2D eigenvalue weighted by Gasteiger charge is -2.22. The molecule has 1 heterocycles. The molecule has 0 aliphatic carbocycles. The monoisotopic (exact) mass is 462 g/mol. The number of halogens is 1. The highest BCUT2D eigenvalue weighted by atomic mass is 32.2. The van der Waals surface area contributed by atoms with Crippen molar-refractivity contribution in [3.63, 3.8) is 0 Å². The normalized spacial score (nSPS) is 11.4. The zero-order chi connectivity index (χ0) is 22.8. The van der Waals surface area contributed by atoms with Gasteiger partial charge in [0.05, 0.1) is 17.6 Å². The minimum Gasteiger partial charge on any atom is -0.465 e. The van der Waals surface area contributed by atoms with Crippen LogP contribution in [0.3, 0.4) is 0 Å². The first-order chi connectivity index (χ1) is 14.7. The molecule has 0 aliphatic heterocycles. The first-order valence-electron chi connectivity index (χ1n) is 9.62. The molecule has 164 valence electrons. The van der Waals surface area contributed by atoms with Crippen molar-refractivity contribution in [3.05, 3.63) is 64.3 Å². The van der Waals surface area contributed by atoms with Crippen LogP contribution in [0, 0.1) is 19.7 Å². The van der Waals surface area contributed by atoms with Crippen LogP contribution in [0.1, 0.15) is 34.8 Å². The van der Waals surface area contributed by atoms with Crippen molar-refractivity contribution in [3.8, 4) is 10.6 Å². The summed E-state index contributed by atoms with van der Waals surface area (Å²) >= 11 is 1.28. The second kappa shape index (κ2) is 9.15. The first-order valence-corrected chi connectivity index (χ1v) is 11.9. The van der Waals surface area contributed by atoms with Gasteiger partial charge in [-0.2, -0.15) is 0 Å². The number of hydrogen-bond donors (Lipinski definition) is 0. The molecule has 3 rings (SSSR count). The van der Waals surface area contributed by atoms with E-state index in [1.54, 1.807) is 37.4 Å². The SMILES string of the molecule is CCCN(c1csc(-c2ccc(F)cc2)n1)S(=O)(=O)c1cc(C)c(C)c(C(=O)OC)c1. The first kappa shape index (κ1) is 22.9. The zero-order valence-electron chi connectivity index (χ0n) is 17.7. The number of carbonyl (C=O) groups excluding carboxylic acids is 1. The number of carbonyl (C=O) groups is 1. The fourth-order valence-electron chi connectivity index (χ4n) is 3.09. The van der Waals surface area contributed by atoms with Crippen molar-refractivity contribution in [1.29, 1.82) is 0 Å². The number of methoxy groups -OCH3 is 1. The van der Waals surface area contributed by atoms with Crippen molar-refractivity contribution in [2.45, 2.75) is 32.1 Å². The minimum atomic E-state index is -3.99. The second-order valence-electron chi connectivity index (χ2n) is 7.00. The predicted octanol–water partition coefficient (Wildman–Crippen LogP) is 4.96. The summed E-state index contributed by atoms with van der Waals surface area (Å²) in [7, 11) is -2.73. The number of anilines is 1. The molecule has 9 heteroatoms. The number of benzene rings is 2. The Balaban J connectivity index is 2.06. The van der Waals surface area contributed by atoms with E-state index in [1.807, 2.05) is 6.92 Å². The van der Waals surface area contributed by atoms with Gasteiger partial charge in [0, 0.05) is 17.5 Å². The quantitative estimate of drug-likeness (QED) is 0.464. The molecule has 31 heavy (non-hydrogen) atoms. The average Bonchev–Trinajstić information content (AvgIpc) is 3.23. The van der Waals surface area contributed by atoms with E-state index in [0.29, 0.717) is 28.1 Å². The summed E-state index contributed by atoms with van der Waals surface area (Å²) in [5.74, 6) is -0.664. The molecule has 1 aromatic heterocycles. The van der Waals surface area contributed by atoms with E-state index in [0.717, 1.165) is 0 Å². The van der Waals surface area contributed by atoms with E-state index in [-0.39, 0.29) is 28.6 Å². The van der Waals surface area contributed by atoms with Crippen molar-refractivity contribution in [2.24, 2.45) is 0 Å². The zero-order valence-corrected chi connectivity index (χ0v) is 19.3. The number of nitrogens with zero attached hydrogens (tertiary/aromatic N) is 2. The predicted molar refractivity (Wildman–Crippen MR) is 120 cm³/mol. The van der Waals surface area contributed by atoms with Crippen molar-refractivity contribution >= 4 is 33.1 Å². The lowest BCUT2D eigenvalue weighted by molar-refractivity contribution is 0.0599. The highest BCUT2D eigenvalue weighted by molar-refractivity contribution is 7.92. The largest absolute Gasteiger partial charge is 0.465 e. The van der Waals surface area contributed by atoms with Crippen LogP contribution >= 0.6 is 11.3 Å². The molecule has 2 aromatic carbocycles. The maximum atomic E-state index is 13.5. The number of aryl methyl sites for hydroxylation is 1. The van der Waals surface area contributed by atoms with Gasteiger partial charge < -0.3 is 4.74 Å². The van der Waals surface area contributed by atoms with E-state index < -0.39 is 16.0 Å². The maximum absolute atomic E-state index is 13.5. The fraction of sp³-hybridized carbons (Fsp3) is 0.273. The Morgan fingerprint density at radius 3 is 2.48 bits per heavy atom. The maximum Gasteiger partial charge on any atom is 0.338 e. The molecule has 6 nitrogen and oxygen atoms in total. The third kappa shape index (κ3) is 4.62. The lowest BCUT2D eigenvalue weighted by Crippen LogP contribution is -2.32. The van der Waals surface area contributed by atoms with Crippen LogP contribution in [0.25, 0.3) is 10.6 Å². The third-order valence-electron chi connectivity index (χ3n) is 4.90. The van der Waals surface area contributed by atoms with Crippen LogP contribution in [-0.4, -0.2) is 33.0 Å². The molecule has 0 fully saturated rings. The fourth-order valence-corrected chi connectivity index (χ4v) is 5.58. The van der Waals surface area contributed by atoms with Gasteiger partial charge in [-0.25, -0.2) is 26.9 Å². The molecule has 0 radical (unpaired) electrons. The molecule has 0 atom stereocenters. The number of aromatic nitrogens is 1. The third-order valence-corrected chi connectivity index (χ3v) is 7.56. The van der Waals surface area contributed by atoms with Gasteiger partial charge >= 0.3 is 5.97 Å². The molecule has 0 unspecified atom stereocenters. The topological polar surface area (TPSA) is 76.6 Å². The molecule has 3 aromatic rings. The molecule has 0 N–H and O–H groups in total. The van der Waals surface area contributed by atoms with Crippen molar-refractivity contribution < 1.29 is 22.3 Å². The lowest BCUT2D eigenvalue weighted by atomic mass is 10.0.